The molecule has 6 rings (SSSR count). The third kappa shape index (κ3) is 10.3. The van der Waals surface area contributed by atoms with E-state index in [9.17, 15) is 14.7 Å². The van der Waals surface area contributed by atoms with Crippen molar-refractivity contribution in [2.45, 2.75) is 112 Å². The average Bonchev–Trinajstić information content (AvgIpc) is 3.89. The Hall–Kier alpha value is -2.57. The minimum atomic E-state index is -0.675. The maximum absolute atomic E-state index is 12.5. The summed E-state index contributed by atoms with van der Waals surface area (Å²) in [5.74, 6) is 1.92. The van der Waals surface area contributed by atoms with Gasteiger partial charge >= 0.3 is 40.6 Å². The molecule has 4 heterocycles. The van der Waals surface area contributed by atoms with Crippen molar-refractivity contribution in [3.05, 3.63) is 64.0 Å². The van der Waals surface area contributed by atoms with Crippen LogP contribution in [0.2, 0.25) is 0 Å². The van der Waals surface area contributed by atoms with Crippen molar-refractivity contribution in [2.24, 2.45) is 36.8 Å². The number of nitrogens with zero attached hydrogens (tertiary/aromatic N) is 6. The molecule has 0 aromatic carbocycles. The van der Waals surface area contributed by atoms with Gasteiger partial charge in [0.25, 0.3) is 0 Å². The number of aryl methyl sites for hydroxylation is 2. The van der Waals surface area contributed by atoms with Gasteiger partial charge in [0.05, 0.1) is 16.6 Å². The Morgan fingerprint density at radius 2 is 1.14 bits per heavy atom. The number of aliphatic hydroxyl groups is 1. The van der Waals surface area contributed by atoms with Crippen molar-refractivity contribution >= 4 is 51.5 Å². The molecule has 50 heavy (non-hydrogen) atoms. The second-order valence-corrected chi connectivity index (χ2v) is 16.3. The fourth-order valence-corrected chi connectivity index (χ4v) is 6.61. The van der Waals surface area contributed by atoms with Gasteiger partial charge in [-0.3, -0.25) is 18.3 Å². The van der Waals surface area contributed by atoms with Gasteiger partial charge in [-0.15, -0.1) is 0 Å². The minimum absolute atomic E-state index is 0. The smallest absolute Gasteiger partial charge is 1.00 e. The van der Waals surface area contributed by atoms with Crippen LogP contribution >= 0.6 is 0 Å². The number of imidazole rings is 2. The van der Waals surface area contributed by atoms with Crippen LogP contribution in [0.4, 0.5) is 0 Å². The third-order valence-electron chi connectivity index (χ3n) is 9.17. The Morgan fingerprint density at radius 1 is 0.760 bits per heavy atom. The summed E-state index contributed by atoms with van der Waals surface area (Å²) in [5, 5.41) is 10.1. The molecule has 2 aliphatic rings. The Kier molecular flexibility index (Phi) is 15.3. The Labute approximate surface area is 322 Å². The van der Waals surface area contributed by atoms with Crippen molar-refractivity contribution in [3.8, 4) is 0 Å². The van der Waals surface area contributed by atoms with Gasteiger partial charge in [0, 0.05) is 50.4 Å². The van der Waals surface area contributed by atoms with Crippen molar-refractivity contribution in [3.63, 3.8) is 0 Å². The van der Waals surface area contributed by atoms with Gasteiger partial charge < -0.3 is 29.5 Å². The average molecular weight is 768 g/mol. The molecule has 13 heteroatoms. The number of rotatable bonds is 6. The SMILES string of the molecule is CC[C@@H]1CC1c1ccc2c(n1)n(C)c(=O)n2CC(C)(C)C.Cn1c(=O)n(CC(C)(C)C)c2ccc(C3C[C@H]3C(C)(C)O)nc21.O=C=O.[Br-].[CH3-].[Mg+2]. The second kappa shape index (κ2) is 16.8. The minimum Gasteiger partial charge on any atom is -1.00 e. The van der Waals surface area contributed by atoms with Gasteiger partial charge in [-0.25, -0.2) is 19.6 Å². The molecule has 0 radical (unpaired) electrons. The number of fused-ring (bicyclic) bond motifs is 2. The molecule has 2 unspecified atom stereocenters. The number of hydrogen-bond acceptors (Lipinski definition) is 7. The van der Waals surface area contributed by atoms with Crippen LogP contribution in [0.5, 0.6) is 0 Å². The van der Waals surface area contributed by atoms with E-state index in [1.165, 1.54) is 12.8 Å². The number of aromatic nitrogens is 6. The molecule has 0 spiro atoms. The molecule has 1 N–H and O–H groups in total. The van der Waals surface area contributed by atoms with Crippen LogP contribution in [-0.4, -0.2) is 68.1 Å². The summed E-state index contributed by atoms with van der Waals surface area (Å²) >= 11 is 0. The predicted octanol–water partition coefficient (Wildman–Crippen LogP) is 2.44. The van der Waals surface area contributed by atoms with Crippen LogP contribution in [0.1, 0.15) is 105 Å². The molecule has 0 amide bonds. The Bertz CT molecular complexity index is 1920. The monoisotopic (exact) mass is 766 g/mol. The first-order valence-electron chi connectivity index (χ1n) is 16.6. The van der Waals surface area contributed by atoms with Crippen LogP contribution in [0.25, 0.3) is 22.3 Å². The molecular weight excluding hydrogens is 713 g/mol. The molecule has 272 valence electrons. The molecule has 0 saturated heterocycles. The van der Waals surface area contributed by atoms with Gasteiger partial charge in [-0.1, -0.05) is 54.9 Å². The topological polar surface area (TPSA) is 134 Å². The van der Waals surface area contributed by atoms with Gasteiger partial charge in [0.15, 0.2) is 11.3 Å². The summed E-state index contributed by atoms with van der Waals surface area (Å²) in [6.45, 7) is 20.1. The standard InChI is InChI=1S/C18H27N3O2.C17H25N3O.CO2.CH3.BrH.Mg/c1-17(2,3)10-21-14-8-7-13(11-9-12(11)18(4,5)23)19-15(14)20(6)16(21)22;1-6-11-9-12(11)13-7-8-14-15(18-13)19(5)16(21)20(14)10-17(2,3)4;2-1-3;;;/h7-8,11-12,23H,9-10H2,1-6H3;7-8,11-12H,6,9-10H2,1-5H3;;1H3;1H;/q;;;-1;;+2/p-1/t11?,12-;11-,12?;;;;/m11..../s1. The van der Waals surface area contributed by atoms with Crippen molar-refractivity contribution in [1.82, 2.24) is 28.2 Å². The number of pyridine rings is 2. The van der Waals surface area contributed by atoms with E-state index in [1.54, 1.807) is 16.2 Å². The van der Waals surface area contributed by atoms with E-state index in [-0.39, 0.29) is 81.7 Å². The van der Waals surface area contributed by atoms with E-state index in [0.29, 0.717) is 24.9 Å². The molecule has 4 atom stereocenters. The summed E-state index contributed by atoms with van der Waals surface area (Å²) < 4.78 is 6.99. The van der Waals surface area contributed by atoms with Crippen LogP contribution in [0.15, 0.2) is 33.9 Å². The second-order valence-electron chi connectivity index (χ2n) is 16.3. The molecule has 0 bridgehead atoms. The number of halogens is 1. The van der Waals surface area contributed by atoms with E-state index in [4.69, 9.17) is 19.6 Å². The molecule has 11 nitrogen and oxygen atoms in total. The van der Waals surface area contributed by atoms with Gasteiger partial charge in [-0.2, -0.15) is 9.59 Å². The molecule has 2 fully saturated rings. The van der Waals surface area contributed by atoms with Crippen LogP contribution in [0.3, 0.4) is 0 Å². The normalized spacial score (nSPS) is 19.4. The summed E-state index contributed by atoms with van der Waals surface area (Å²) in [4.78, 5) is 50.8. The van der Waals surface area contributed by atoms with E-state index in [0.717, 1.165) is 46.1 Å². The third-order valence-corrected chi connectivity index (χ3v) is 9.17. The molecule has 4 aromatic heterocycles. The number of carbonyl (C=O) groups excluding carboxylic acids is 2. The zero-order chi connectivity index (χ0) is 35.2. The summed E-state index contributed by atoms with van der Waals surface area (Å²) in [6.07, 6.45) is 3.67. The first-order valence-corrected chi connectivity index (χ1v) is 16.6. The van der Waals surface area contributed by atoms with Gasteiger partial charge in [-0.05, 0) is 73.6 Å². The van der Waals surface area contributed by atoms with E-state index in [1.807, 2.05) is 42.2 Å². The molecule has 2 aliphatic carbocycles. The zero-order valence-electron chi connectivity index (χ0n) is 32.0. The largest absolute Gasteiger partial charge is 2.00 e. The molecular formula is C37H55BrMgN6O5. The molecule has 0 aliphatic heterocycles. The molecule has 4 aromatic rings. The molecule has 2 saturated carbocycles. The number of hydrogen-bond donors (Lipinski definition) is 1. The summed E-state index contributed by atoms with van der Waals surface area (Å²) in [7, 11) is 3.60. The maximum atomic E-state index is 12.5. The summed E-state index contributed by atoms with van der Waals surface area (Å²) in [5.41, 5.74) is 4.96. The van der Waals surface area contributed by atoms with Crippen molar-refractivity contribution in [1.29, 1.82) is 0 Å². The van der Waals surface area contributed by atoms with Crippen LogP contribution < -0.4 is 28.4 Å². The van der Waals surface area contributed by atoms with Crippen LogP contribution in [-0.2, 0) is 36.8 Å². The quantitative estimate of drug-likeness (QED) is 0.236. The fourth-order valence-electron chi connectivity index (χ4n) is 6.61. The van der Waals surface area contributed by atoms with Crippen LogP contribution in [0, 0.1) is 30.1 Å². The predicted molar refractivity (Wildman–Crippen MR) is 194 cm³/mol. The van der Waals surface area contributed by atoms with Gasteiger partial charge in [0.1, 0.15) is 0 Å². The van der Waals surface area contributed by atoms with Crippen molar-refractivity contribution in [2.75, 3.05) is 0 Å². The fraction of sp³-hybridized carbons (Fsp3) is 0.622. The van der Waals surface area contributed by atoms with Gasteiger partial charge in [0.2, 0.25) is 0 Å². The Morgan fingerprint density at radius 3 is 1.44 bits per heavy atom. The Balaban J connectivity index is 0.000000440. The van der Waals surface area contributed by atoms with E-state index >= 15 is 0 Å². The van der Waals surface area contributed by atoms with E-state index in [2.05, 4.69) is 60.6 Å². The first kappa shape index (κ1) is 45.4. The van der Waals surface area contributed by atoms with Crippen molar-refractivity contribution < 1.29 is 31.7 Å². The summed E-state index contributed by atoms with van der Waals surface area (Å²) in [6, 6.07) is 8.21. The maximum Gasteiger partial charge on any atom is 2.00 e. The first-order chi connectivity index (χ1) is 21.7. The van der Waals surface area contributed by atoms with E-state index < -0.39 is 5.60 Å². The zero-order valence-corrected chi connectivity index (χ0v) is 35.0.